The van der Waals surface area contributed by atoms with Gasteiger partial charge in [0, 0.05) is 32.7 Å². The molecule has 0 radical (unpaired) electrons. The Balaban J connectivity index is 1.54. The van der Waals surface area contributed by atoms with E-state index in [4.69, 9.17) is 16.3 Å². The minimum absolute atomic E-state index is 0.170. The van der Waals surface area contributed by atoms with Gasteiger partial charge >= 0.3 is 0 Å². The first kappa shape index (κ1) is 18.2. The molecule has 0 bridgehead atoms. The molecule has 7 heteroatoms. The molecular formula is C18H24ClN3O3. The maximum Gasteiger partial charge on any atom is 0.239 e. The van der Waals surface area contributed by atoms with Crippen molar-refractivity contribution in [1.29, 1.82) is 0 Å². The lowest BCUT2D eigenvalue weighted by Crippen LogP contribution is -2.43. The molecular weight excluding hydrogens is 342 g/mol. The molecule has 1 aromatic rings. The molecule has 6 nitrogen and oxygen atoms in total. The fraction of sp³-hybridized carbons (Fsp3) is 0.556. The number of aryl methyl sites for hydroxylation is 1. The summed E-state index contributed by atoms with van der Waals surface area (Å²) in [5, 5.41) is 3.43. The second-order valence-corrected chi connectivity index (χ2v) is 6.94. The van der Waals surface area contributed by atoms with Crippen molar-refractivity contribution in [3.05, 3.63) is 28.8 Å². The van der Waals surface area contributed by atoms with Gasteiger partial charge in [-0.3, -0.25) is 14.5 Å². The second-order valence-electron chi connectivity index (χ2n) is 6.53. The van der Waals surface area contributed by atoms with Crippen molar-refractivity contribution in [2.45, 2.75) is 13.3 Å². The predicted octanol–water partition coefficient (Wildman–Crippen LogP) is 1.45. The van der Waals surface area contributed by atoms with Crippen molar-refractivity contribution < 1.29 is 14.3 Å². The van der Waals surface area contributed by atoms with Crippen molar-refractivity contribution in [3.63, 3.8) is 0 Å². The van der Waals surface area contributed by atoms with Gasteiger partial charge in [-0.15, -0.1) is 0 Å². The molecule has 1 atom stereocenters. The van der Waals surface area contributed by atoms with E-state index in [9.17, 15) is 9.59 Å². The molecule has 0 aromatic heterocycles. The number of nitrogens with zero attached hydrogens (tertiary/aromatic N) is 2. The van der Waals surface area contributed by atoms with Gasteiger partial charge in [-0.25, -0.2) is 0 Å². The number of carbonyl (C=O) groups is 2. The summed E-state index contributed by atoms with van der Waals surface area (Å²) < 4.78 is 5.30. The molecule has 0 aliphatic carbocycles. The smallest absolute Gasteiger partial charge is 0.239 e. The highest BCUT2D eigenvalue weighted by atomic mass is 35.5. The molecule has 2 heterocycles. The number of nitrogens with one attached hydrogen (secondary N) is 1. The lowest BCUT2D eigenvalue weighted by Gasteiger charge is -2.26. The predicted molar refractivity (Wildman–Crippen MR) is 96.9 cm³/mol. The Bertz CT molecular complexity index is 646. The Morgan fingerprint density at radius 3 is 2.84 bits per heavy atom. The van der Waals surface area contributed by atoms with Crippen LogP contribution in [0.1, 0.15) is 12.0 Å². The number of benzene rings is 1. The van der Waals surface area contributed by atoms with E-state index >= 15 is 0 Å². The molecule has 25 heavy (non-hydrogen) atoms. The van der Waals surface area contributed by atoms with Crippen LogP contribution in [0.2, 0.25) is 5.02 Å². The van der Waals surface area contributed by atoms with Crippen LogP contribution in [0.4, 0.5) is 5.69 Å². The zero-order valence-electron chi connectivity index (χ0n) is 14.5. The highest BCUT2D eigenvalue weighted by molar-refractivity contribution is 6.34. The molecule has 0 spiro atoms. The van der Waals surface area contributed by atoms with E-state index in [1.807, 2.05) is 19.1 Å². The normalized spacial score (nSPS) is 21.6. The summed E-state index contributed by atoms with van der Waals surface area (Å²) in [5.41, 5.74) is 1.72. The van der Waals surface area contributed by atoms with Crippen LogP contribution >= 0.6 is 11.6 Å². The highest BCUT2D eigenvalue weighted by Crippen LogP contribution is 2.32. The summed E-state index contributed by atoms with van der Waals surface area (Å²) in [6, 6.07) is 5.58. The summed E-state index contributed by atoms with van der Waals surface area (Å²) in [6.45, 7) is 7.05. The first-order valence-corrected chi connectivity index (χ1v) is 9.09. The van der Waals surface area contributed by atoms with Crippen LogP contribution in [0.3, 0.4) is 0 Å². The summed E-state index contributed by atoms with van der Waals surface area (Å²) in [4.78, 5) is 28.9. The van der Waals surface area contributed by atoms with Crippen molar-refractivity contribution in [2.75, 3.05) is 50.8 Å². The number of rotatable bonds is 5. The zero-order chi connectivity index (χ0) is 17.8. The molecule has 0 saturated carbocycles. The second kappa shape index (κ2) is 8.17. The number of ether oxygens (including phenoxy) is 1. The van der Waals surface area contributed by atoms with E-state index in [0.29, 0.717) is 30.2 Å². The number of amides is 2. The van der Waals surface area contributed by atoms with Gasteiger partial charge in [-0.2, -0.15) is 0 Å². The topological polar surface area (TPSA) is 61.9 Å². The number of halogens is 1. The minimum Gasteiger partial charge on any atom is -0.379 e. The average molecular weight is 366 g/mol. The van der Waals surface area contributed by atoms with Crippen molar-refractivity contribution >= 4 is 29.1 Å². The van der Waals surface area contributed by atoms with Crippen LogP contribution in [0.15, 0.2) is 18.2 Å². The minimum atomic E-state index is -0.624. The molecule has 1 N–H and O–H groups in total. The van der Waals surface area contributed by atoms with Gasteiger partial charge in [0.15, 0.2) is 0 Å². The zero-order valence-corrected chi connectivity index (χ0v) is 15.2. The Morgan fingerprint density at radius 1 is 1.32 bits per heavy atom. The van der Waals surface area contributed by atoms with Crippen molar-refractivity contribution in [3.8, 4) is 0 Å². The van der Waals surface area contributed by atoms with E-state index in [2.05, 4.69) is 10.2 Å². The first-order chi connectivity index (χ1) is 12.1. The fourth-order valence-corrected chi connectivity index (χ4v) is 3.50. The SMILES string of the molecule is Cc1ccc(Cl)c(N2CCC(C(=O)NCCN3CCOCC3)C2=O)c1. The molecule has 1 aromatic carbocycles. The lowest BCUT2D eigenvalue weighted by molar-refractivity contribution is -0.132. The molecule has 2 aliphatic rings. The van der Waals surface area contributed by atoms with Gasteiger partial charge in [0.05, 0.1) is 23.9 Å². The third-order valence-electron chi connectivity index (χ3n) is 4.75. The Hall–Kier alpha value is -1.63. The first-order valence-electron chi connectivity index (χ1n) is 8.71. The van der Waals surface area contributed by atoms with Gasteiger partial charge < -0.3 is 15.0 Å². The number of hydrogen-bond acceptors (Lipinski definition) is 4. The Kier molecular flexibility index (Phi) is 5.93. The van der Waals surface area contributed by atoms with Crippen molar-refractivity contribution in [2.24, 2.45) is 5.92 Å². The van der Waals surface area contributed by atoms with E-state index in [0.717, 1.165) is 38.4 Å². The highest BCUT2D eigenvalue weighted by Gasteiger charge is 2.38. The van der Waals surface area contributed by atoms with Crippen LogP contribution in [0, 0.1) is 12.8 Å². The van der Waals surface area contributed by atoms with Crippen LogP contribution in [-0.2, 0) is 14.3 Å². The number of anilines is 1. The monoisotopic (exact) mass is 365 g/mol. The molecule has 2 aliphatic heterocycles. The molecule has 1 unspecified atom stereocenters. The van der Waals surface area contributed by atoms with E-state index < -0.39 is 5.92 Å². The summed E-state index contributed by atoms with van der Waals surface area (Å²) in [7, 11) is 0. The molecule has 2 saturated heterocycles. The summed E-state index contributed by atoms with van der Waals surface area (Å²) >= 11 is 6.23. The van der Waals surface area contributed by atoms with Crippen LogP contribution in [0.25, 0.3) is 0 Å². The van der Waals surface area contributed by atoms with Crippen molar-refractivity contribution in [1.82, 2.24) is 10.2 Å². The number of carbonyl (C=O) groups excluding carboxylic acids is 2. The van der Waals surface area contributed by atoms with Gasteiger partial charge in [-0.1, -0.05) is 17.7 Å². The fourth-order valence-electron chi connectivity index (χ4n) is 3.28. The molecule has 2 fully saturated rings. The molecule has 136 valence electrons. The quantitative estimate of drug-likeness (QED) is 0.802. The van der Waals surface area contributed by atoms with Crippen LogP contribution < -0.4 is 10.2 Å². The van der Waals surface area contributed by atoms with Gasteiger partial charge in [0.1, 0.15) is 5.92 Å². The Labute approximate surface area is 153 Å². The standard InChI is InChI=1S/C18H24ClN3O3/c1-13-2-3-15(19)16(12-13)22-6-4-14(18(22)24)17(23)20-5-7-21-8-10-25-11-9-21/h2-3,12,14H,4-11H2,1H3,(H,20,23). The molecule has 3 rings (SSSR count). The van der Waals surface area contributed by atoms with Gasteiger partial charge in [-0.05, 0) is 31.0 Å². The Morgan fingerprint density at radius 2 is 2.08 bits per heavy atom. The van der Waals surface area contributed by atoms with Crippen LogP contribution in [-0.4, -0.2) is 62.7 Å². The number of morpholine rings is 1. The number of hydrogen-bond donors (Lipinski definition) is 1. The third kappa shape index (κ3) is 4.32. The maximum absolute atomic E-state index is 12.7. The molecule has 2 amide bonds. The van der Waals surface area contributed by atoms with E-state index in [1.54, 1.807) is 11.0 Å². The largest absolute Gasteiger partial charge is 0.379 e. The van der Waals surface area contributed by atoms with Gasteiger partial charge in [0.25, 0.3) is 0 Å². The van der Waals surface area contributed by atoms with Crippen LogP contribution in [0.5, 0.6) is 0 Å². The average Bonchev–Trinajstić information content (AvgIpc) is 2.99. The van der Waals surface area contributed by atoms with Gasteiger partial charge in [0.2, 0.25) is 11.8 Å². The van der Waals surface area contributed by atoms with E-state index in [-0.39, 0.29) is 11.8 Å². The summed E-state index contributed by atoms with van der Waals surface area (Å²) in [5.74, 6) is -0.984. The summed E-state index contributed by atoms with van der Waals surface area (Å²) in [6.07, 6.45) is 0.520. The maximum atomic E-state index is 12.7. The third-order valence-corrected chi connectivity index (χ3v) is 5.07. The van der Waals surface area contributed by atoms with E-state index in [1.165, 1.54) is 0 Å². The lowest BCUT2D eigenvalue weighted by atomic mass is 10.1.